The normalized spacial score (nSPS) is 13.9. The molecule has 0 aliphatic carbocycles. The molecule has 8 nitrogen and oxygen atoms in total. The average Bonchev–Trinajstić information content (AvgIpc) is 3.37. The van der Waals surface area contributed by atoms with Crippen molar-refractivity contribution in [1.82, 2.24) is 25.0 Å². The van der Waals surface area contributed by atoms with Gasteiger partial charge in [0.2, 0.25) is 0 Å². The van der Waals surface area contributed by atoms with Crippen LogP contribution in [0, 0.1) is 0 Å². The van der Waals surface area contributed by atoms with Gasteiger partial charge in [-0.25, -0.2) is 4.98 Å². The third kappa shape index (κ3) is 5.98. The van der Waals surface area contributed by atoms with Gasteiger partial charge in [0, 0.05) is 50.7 Å². The Hall–Kier alpha value is -4.17. The number of ether oxygens (including phenoxy) is 1. The standard InChI is InChI=1S/C29H32N6O2/c1-33-13-15-34(16-14-33)27-12-11-23(18-30-27)19-31-29(36)26-21-35(20-22-7-4-3-5-8-22)32-28(26)24-9-6-10-25(17-24)37-2/h3-12,17-18,21H,13-16,19-20H2,1-2H3,(H,31,36). The predicted octanol–water partition coefficient (Wildman–Crippen LogP) is 3.68. The predicted molar refractivity (Wildman–Crippen MR) is 145 cm³/mol. The van der Waals surface area contributed by atoms with E-state index in [1.807, 2.05) is 83.8 Å². The number of pyridine rings is 1. The zero-order valence-electron chi connectivity index (χ0n) is 21.3. The first-order valence-electron chi connectivity index (χ1n) is 12.5. The van der Waals surface area contributed by atoms with Gasteiger partial charge in [0.25, 0.3) is 5.91 Å². The number of methoxy groups -OCH3 is 1. The first-order chi connectivity index (χ1) is 18.1. The number of piperazine rings is 1. The number of nitrogens with one attached hydrogen (secondary N) is 1. The van der Waals surface area contributed by atoms with Gasteiger partial charge in [0.15, 0.2) is 0 Å². The van der Waals surface area contributed by atoms with Crippen molar-refractivity contribution in [2.75, 3.05) is 45.2 Å². The Morgan fingerprint density at radius 3 is 2.51 bits per heavy atom. The number of hydrogen-bond donors (Lipinski definition) is 1. The monoisotopic (exact) mass is 496 g/mol. The van der Waals surface area contributed by atoms with E-state index in [9.17, 15) is 4.79 Å². The number of benzene rings is 2. The number of carbonyl (C=O) groups is 1. The lowest BCUT2D eigenvalue weighted by molar-refractivity contribution is 0.0951. The van der Waals surface area contributed by atoms with Gasteiger partial charge in [0.05, 0.1) is 19.2 Å². The molecule has 8 heteroatoms. The highest BCUT2D eigenvalue weighted by molar-refractivity contribution is 5.99. The summed E-state index contributed by atoms with van der Waals surface area (Å²) in [6, 6.07) is 21.8. The van der Waals surface area contributed by atoms with Gasteiger partial charge in [0.1, 0.15) is 17.3 Å². The van der Waals surface area contributed by atoms with Crippen LogP contribution in [0.3, 0.4) is 0 Å². The number of rotatable bonds is 8. The summed E-state index contributed by atoms with van der Waals surface area (Å²) < 4.78 is 7.21. The van der Waals surface area contributed by atoms with E-state index in [0.29, 0.717) is 30.1 Å². The Bertz CT molecular complexity index is 1330. The molecule has 0 radical (unpaired) electrons. The van der Waals surface area contributed by atoms with Crippen molar-refractivity contribution in [2.45, 2.75) is 13.1 Å². The topological polar surface area (TPSA) is 75.5 Å². The highest BCUT2D eigenvalue weighted by Gasteiger charge is 2.19. The summed E-state index contributed by atoms with van der Waals surface area (Å²) in [4.78, 5) is 22.6. The fraction of sp³-hybridized carbons (Fsp3) is 0.276. The van der Waals surface area contributed by atoms with Crippen molar-refractivity contribution in [1.29, 1.82) is 0 Å². The number of anilines is 1. The first kappa shape index (κ1) is 24.5. The van der Waals surface area contributed by atoms with Crippen LogP contribution in [0.4, 0.5) is 5.82 Å². The molecule has 5 rings (SSSR count). The minimum Gasteiger partial charge on any atom is -0.497 e. The van der Waals surface area contributed by atoms with Crippen LogP contribution in [0.5, 0.6) is 5.75 Å². The molecule has 4 aromatic rings. The Morgan fingerprint density at radius 1 is 0.973 bits per heavy atom. The maximum Gasteiger partial charge on any atom is 0.255 e. The molecule has 0 atom stereocenters. The molecule has 1 saturated heterocycles. The van der Waals surface area contributed by atoms with Crippen LogP contribution in [0.2, 0.25) is 0 Å². The minimum absolute atomic E-state index is 0.180. The van der Waals surface area contributed by atoms with E-state index in [2.05, 4.69) is 27.1 Å². The summed E-state index contributed by atoms with van der Waals surface area (Å²) in [5, 5.41) is 7.83. The average molecular weight is 497 g/mol. The molecule has 2 aromatic carbocycles. The lowest BCUT2D eigenvalue weighted by Gasteiger charge is -2.33. The van der Waals surface area contributed by atoms with Crippen LogP contribution in [0.1, 0.15) is 21.5 Å². The fourth-order valence-electron chi connectivity index (χ4n) is 4.44. The number of nitrogens with zero attached hydrogens (tertiary/aromatic N) is 5. The van der Waals surface area contributed by atoms with Crippen molar-refractivity contribution in [3.8, 4) is 17.0 Å². The summed E-state index contributed by atoms with van der Waals surface area (Å²) in [7, 11) is 3.77. The fourth-order valence-corrected chi connectivity index (χ4v) is 4.44. The Morgan fingerprint density at radius 2 is 1.78 bits per heavy atom. The molecule has 0 bridgehead atoms. The van der Waals surface area contributed by atoms with Crippen LogP contribution in [0.25, 0.3) is 11.3 Å². The number of amides is 1. The second-order valence-corrected chi connectivity index (χ2v) is 9.30. The Labute approximate surface area is 217 Å². The van der Waals surface area contributed by atoms with E-state index >= 15 is 0 Å². The molecule has 37 heavy (non-hydrogen) atoms. The lowest BCUT2D eigenvalue weighted by Crippen LogP contribution is -2.44. The summed E-state index contributed by atoms with van der Waals surface area (Å²) in [6.45, 7) is 4.97. The highest BCUT2D eigenvalue weighted by atomic mass is 16.5. The van der Waals surface area contributed by atoms with E-state index in [4.69, 9.17) is 9.84 Å². The van der Waals surface area contributed by atoms with Crippen LogP contribution in [-0.2, 0) is 13.1 Å². The number of likely N-dealkylation sites (N-methyl/N-ethyl adjacent to an activating group) is 1. The molecule has 1 fully saturated rings. The number of carbonyl (C=O) groups excluding carboxylic acids is 1. The lowest BCUT2D eigenvalue weighted by atomic mass is 10.1. The number of hydrogen-bond acceptors (Lipinski definition) is 6. The van der Waals surface area contributed by atoms with Crippen molar-refractivity contribution < 1.29 is 9.53 Å². The van der Waals surface area contributed by atoms with Gasteiger partial charge < -0.3 is 19.9 Å². The molecule has 190 valence electrons. The molecule has 1 aliphatic heterocycles. The maximum atomic E-state index is 13.3. The second-order valence-electron chi connectivity index (χ2n) is 9.30. The van der Waals surface area contributed by atoms with Crippen LogP contribution >= 0.6 is 0 Å². The third-order valence-electron chi connectivity index (χ3n) is 6.63. The third-order valence-corrected chi connectivity index (χ3v) is 6.63. The number of aromatic nitrogens is 3. The molecule has 0 unspecified atom stereocenters. The summed E-state index contributed by atoms with van der Waals surface area (Å²) in [5.74, 6) is 1.51. The van der Waals surface area contributed by atoms with Gasteiger partial charge >= 0.3 is 0 Å². The van der Waals surface area contributed by atoms with E-state index in [1.54, 1.807) is 7.11 Å². The zero-order chi connectivity index (χ0) is 25.6. The first-order valence-corrected chi connectivity index (χ1v) is 12.5. The quantitative estimate of drug-likeness (QED) is 0.401. The van der Waals surface area contributed by atoms with Gasteiger partial charge in [-0.3, -0.25) is 9.48 Å². The van der Waals surface area contributed by atoms with E-state index in [1.165, 1.54) is 0 Å². The molecule has 1 aliphatic rings. The SMILES string of the molecule is COc1cccc(-c2nn(Cc3ccccc3)cc2C(=O)NCc2ccc(N3CCN(C)CC3)nc2)c1. The molecule has 1 amide bonds. The molecular weight excluding hydrogens is 464 g/mol. The summed E-state index contributed by atoms with van der Waals surface area (Å²) in [6.07, 6.45) is 3.65. The van der Waals surface area contributed by atoms with Gasteiger partial charge in [-0.1, -0.05) is 48.5 Å². The van der Waals surface area contributed by atoms with Crippen molar-refractivity contribution in [2.24, 2.45) is 0 Å². The smallest absolute Gasteiger partial charge is 0.255 e. The van der Waals surface area contributed by atoms with Crippen LogP contribution < -0.4 is 15.0 Å². The Kier molecular flexibility index (Phi) is 7.46. The second kappa shape index (κ2) is 11.3. The molecular formula is C29H32N6O2. The maximum absolute atomic E-state index is 13.3. The highest BCUT2D eigenvalue weighted by Crippen LogP contribution is 2.26. The molecule has 2 aromatic heterocycles. The largest absolute Gasteiger partial charge is 0.497 e. The van der Waals surface area contributed by atoms with Crippen LogP contribution in [-0.4, -0.2) is 65.9 Å². The zero-order valence-corrected chi connectivity index (χ0v) is 21.3. The molecule has 0 saturated carbocycles. The summed E-state index contributed by atoms with van der Waals surface area (Å²) >= 11 is 0. The molecule has 1 N–H and O–H groups in total. The van der Waals surface area contributed by atoms with E-state index < -0.39 is 0 Å². The van der Waals surface area contributed by atoms with E-state index in [0.717, 1.165) is 48.7 Å². The molecule has 0 spiro atoms. The minimum atomic E-state index is -0.180. The van der Waals surface area contributed by atoms with Crippen molar-refractivity contribution in [3.63, 3.8) is 0 Å². The van der Waals surface area contributed by atoms with Crippen LogP contribution in [0.15, 0.2) is 79.1 Å². The Balaban J connectivity index is 1.32. The van der Waals surface area contributed by atoms with Gasteiger partial charge in [-0.05, 0) is 36.4 Å². The van der Waals surface area contributed by atoms with Crippen molar-refractivity contribution in [3.05, 3.63) is 95.8 Å². The van der Waals surface area contributed by atoms with Crippen molar-refractivity contribution >= 4 is 11.7 Å². The molecule has 3 heterocycles. The van der Waals surface area contributed by atoms with E-state index in [-0.39, 0.29) is 5.91 Å². The summed E-state index contributed by atoms with van der Waals surface area (Å²) in [5.41, 5.74) is 4.03. The van der Waals surface area contributed by atoms with Gasteiger partial charge in [-0.2, -0.15) is 5.10 Å². The van der Waals surface area contributed by atoms with Gasteiger partial charge in [-0.15, -0.1) is 0 Å².